The molecule has 8 heteroatoms. The normalized spacial score (nSPS) is 16.3. The first-order valence-corrected chi connectivity index (χ1v) is 5.18. The minimum Gasteiger partial charge on any atom is -0.493 e. The molecule has 0 atom stereocenters. The van der Waals surface area contributed by atoms with Crippen LogP contribution in [0.1, 0.15) is 0 Å². The van der Waals surface area contributed by atoms with Crippen molar-refractivity contribution in [2.24, 2.45) is 0 Å². The molecule has 7 nitrogen and oxygen atoms in total. The molecular formula is C7H8N2O5S. The van der Waals surface area contributed by atoms with E-state index in [9.17, 15) is 8.42 Å². The maximum Gasteiger partial charge on any atom is 0.501 e. The van der Waals surface area contributed by atoms with E-state index >= 15 is 0 Å². The smallest absolute Gasteiger partial charge is 0.493 e. The molecule has 82 valence electrons. The van der Waals surface area contributed by atoms with Crippen LogP contribution in [0.5, 0.6) is 17.2 Å². The Bertz CT molecular complexity index is 525. The second-order valence-corrected chi connectivity index (χ2v) is 3.96. The predicted octanol–water partition coefficient (Wildman–Crippen LogP) is -0.124. The Kier molecular flexibility index (Phi) is 1.83. The average molecular weight is 232 g/mol. The maximum atomic E-state index is 11.0. The number of ether oxygens (including phenoxy) is 1. The van der Waals surface area contributed by atoms with E-state index in [1.165, 1.54) is 13.2 Å². The van der Waals surface area contributed by atoms with Crippen molar-refractivity contribution in [1.29, 1.82) is 0 Å². The van der Waals surface area contributed by atoms with Gasteiger partial charge in [-0.1, -0.05) is 0 Å². The zero-order valence-electron chi connectivity index (χ0n) is 7.68. The highest BCUT2D eigenvalue weighted by Crippen LogP contribution is 2.49. The van der Waals surface area contributed by atoms with E-state index in [2.05, 4.69) is 8.37 Å². The van der Waals surface area contributed by atoms with Gasteiger partial charge < -0.3 is 24.6 Å². The van der Waals surface area contributed by atoms with Crippen molar-refractivity contribution >= 4 is 21.8 Å². The van der Waals surface area contributed by atoms with E-state index in [-0.39, 0.29) is 28.6 Å². The topological polar surface area (TPSA) is 114 Å². The van der Waals surface area contributed by atoms with E-state index in [1.54, 1.807) is 0 Å². The monoisotopic (exact) mass is 232 g/mol. The van der Waals surface area contributed by atoms with Gasteiger partial charge in [-0.15, -0.1) is 8.42 Å². The Morgan fingerprint density at radius 3 is 2.47 bits per heavy atom. The molecule has 1 aliphatic heterocycles. The molecule has 0 spiro atoms. The van der Waals surface area contributed by atoms with E-state index < -0.39 is 10.4 Å². The quantitative estimate of drug-likeness (QED) is 0.648. The molecular weight excluding hydrogens is 224 g/mol. The number of methoxy groups -OCH3 is 1. The summed E-state index contributed by atoms with van der Waals surface area (Å²) in [6.45, 7) is 0. The van der Waals surface area contributed by atoms with Crippen LogP contribution >= 0.6 is 0 Å². The van der Waals surface area contributed by atoms with Crippen LogP contribution in [-0.4, -0.2) is 15.5 Å². The molecule has 1 aliphatic rings. The molecule has 15 heavy (non-hydrogen) atoms. The van der Waals surface area contributed by atoms with Gasteiger partial charge in [0.2, 0.25) is 11.5 Å². The van der Waals surface area contributed by atoms with Crippen LogP contribution in [0.3, 0.4) is 0 Å². The highest BCUT2D eigenvalue weighted by atomic mass is 32.3. The Morgan fingerprint density at radius 2 is 1.87 bits per heavy atom. The number of nitrogens with two attached hydrogens (primary N) is 2. The van der Waals surface area contributed by atoms with Gasteiger partial charge in [0.25, 0.3) is 0 Å². The molecule has 0 bridgehead atoms. The third-order valence-corrected chi connectivity index (χ3v) is 2.60. The van der Waals surface area contributed by atoms with E-state index in [4.69, 9.17) is 16.2 Å². The van der Waals surface area contributed by atoms with Crippen LogP contribution in [0.25, 0.3) is 0 Å². The van der Waals surface area contributed by atoms with Crippen LogP contribution in [0.15, 0.2) is 6.07 Å². The molecule has 1 aromatic rings. The van der Waals surface area contributed by atoms with Gasteiger partial charge in [-0.3, -0.25) is 0 Å². The summed E-state index contributed by atoms with van der Waals surface area (Å²) in [7, 11) is -2.75. The minimum atomic E-state index is -4.09. The number of benzene rings is 1. The molecule has 1 heterocycles. The fourth-order valence-electron chi connectivity index (χ4n) is 1.18. The molecule has 0 unspecified atom stereocenters. The minimum absolute atomic E-state index is 0.00637. The van der Waals surface area contributed by atoms with Gasteiger partial charge in [0.15, 0.2) is 5.75 Å². The number of hydrogen-bond donors (Lipinski definition) is 2. The summed E-state index contributed by atoms with van der Waals surface area (Å²) in [5.74, 6) is -0.0613. The summed E-state index contributed by atoms with van der Waals surface area (Å²) in [5, 5.41) is 0. The molecule has 0 radical (unpaired) electrons. The van der Waals surface area contributed by atoms with Gasteiger partial charge in [-0.25, -0.2) is 0 Å². The van der Waals surface area contributed by atoms with Gasteiger partial charge >= 0.3 is 10.4 Å². The van der Waals surface area contributed by atoms with Crippen LogP contribution in [0, 0.1) is 0 Å². The summed E-state index contributed by atoms with van der Waals surface area (Å²) in [4.78, 5) is 0. The van der Waals surface area contributed by atoms with E-state index in [0.717, 1.165) is 0 Å². The summed E-state index contributed by atoms with van der Waals surface area (Å²) < 4.78 is 36.0. The van der Waals surface area contributed by atoms with E-state index in [0.29, 0.717) is 0 Å². The second-order valence-electron chi connectivity index (χ2n) is 2.81. The Labute approximate surface area is 85.9 Å². The summed E-state index contributed by atoms with van der Waals surface area (Å²) in [6.07, 6.45) is 0. The zero-order valence-corrected chi connectivity index (χ0v) is 8.50. The Hall–Kier alpha value is -1.83. The molecule has 0 saturated carbocycles. The van der Waals surface area contributed by atoms with Crippen LogP contribution in [0.2, 0.25) is 0 Å². The van der Waals surface area contributed by atoms with Crippen molar-refractivity contribution in [2.75, 3.05) is 18.6 Å². The van der Waals surface area contributed by atoms with Crippen LogP contribution in [-0.2, 0) is 10.4 Å². The van der Waals surface area contributed by atoms with Crippen molar-refractivity contribution in [3.63, 3.8) is 0 Å². The summed E-state index contributed by atoms with van der Waals surface area (Å²) in [5.41, 5.74) is 11.2. The van der Waals surface area contributed by atoms with Gasteiger partial charge in [-0.05, 0) is 0 Å². The standard InChI is InChI=1S/C7H8N2O5S/c1-12-4-2-3(8)5(9)7-6(4)13-15(10,11)14-7/h2H,8-9H2,1H3. The summed E-state index contributed by atoms with van der Waals surface area (Å²) in [6, 6.07) is 1.36. The summed E-state index contributed by atoms with van der Waals surface area (Å²) >= 11 is 0. The number of fused-ring (bicyclic) bond motifs is 1. The lowest BCUT2D eigenvalue weighted by molar-refractivity contribution is 0.392. The highest BCUT2D eigenvalue weighted by Gasteiger charge is 2.34. The van der Waals surface area contributed by atoms with Crippen molar-refractivity contribution in [1.82, 2.24) is 0 Å². The van der Waals surface area contributed by atoms with Gasteiger partial charge in [0.05, 0.1) is 12.8 Å². The lowest BCUT2D eigenvalue weighted by atomic mass is 10.2. The molecule has 0 fully saturated rings. The largest absolute Gasteiger partial charge is 0.501 e. The third-order valence-electron chi connectivity index (χ3n) is 1.86. The number of hydrogen-bond acceptors (Lipinski definition) is 7. The van der Waals surface area contributed by atoms with Crippen molar-refractivity contribution < 1.29 is 21.5 Å². The number of nitrogen functional groups attached to an aromatic ring is 2. The molecule has 4 N–H and O–H groups in total. The zero-order chi connectivity index (χ0) is 11.2. The molecule has 0 amide bonds. The SMILES string of the molecule is COc1cc(N)c(N)c2c1OS(=O)(=O)O2. The maximum absolute atomic E-state index is 11.0. The van der Waals surface area contributed by atoms with Gasteiger partial charge in [0.1, 0.15) is 5.69 Å². The lowest BCUT2D eigenvalue weighted by Gasteiger charge is -2.06. The first-order chi connectivity index (χ1) is 6.94. The first kappa shape index (κ1) is 9.71. The number of rotatable bonds is 1. The average Bonchev–Trinajstić information content (AvgIpc) is 2.48. The van der Waals surface area contributed by atoms with Gasteiger partial charge in [-0.2, -0.15) is 0 Å². The third kappa shape index (κ3) is 1.38. The second kappa shape index (κ2) is 2.83. The van der Waals surface area contributed by atoms with Crippen LogP contribution in [0.4, 0.5) is 11.4 Å². The van der Waals surface area contributed by atoms with Gasteiger partial charge in [0, 0.05) is 6.07 Å². The van der Waals surface area contributed by atoms with Crippen molar-refractivity contribution in [2.45, 2.75) is 0 Å². The first-order valence-electron chi connectivity index (χ1n) is 3.84. The molecule has 0 aromatic heterocycles. The Balaban J connectivity index is 2.71. The van der Waals surface area contributed by atoms with Crippen LogP contribution < -0.4 is 24.6 Å². The van der Waals surface area contributed by atoms with E-state index in [1.807, 2.05) is 0 Å². The highest BCUT2D eigenvalue weighted by molar-refractivity contribution is 7.82. The fraction of sp³-hybridized carbons (Fsp3) is 0.143. The molecule has 0 aliphatic carbocycles. The lowest BCUT2D eigenvalue weighted by Crippen LogP contribution is -2.08. The number of anilines is 2. The molecule has 1 aromatic carbocycles. The Morgan fingerprint density at radius 1 is 1.27 bits per heavy atom. The molecule has 0 saturated heterocycles. The molecule has 2 rings (SSSR count). The van der Waals surface area contributed by atoms with Crippen molar-refractivity contribution in [3.8, 4) is 17.2 Å². The van der Waals surface area contributed by atoms with Crippen molar-refractivity contribution in [3.05, 3.63) is 6.07 Å². The predicted molar refractivity (Wildman–Crippen MR) is 52.0 cm³/mol. The fourth-order valence-corrected chi connectivity index (χ4v) is 1.95.